The minimum Gasteiger partial charge on any atom is -0.374 e. The summed E-state index contributed by atoms with van der Waals surface area (Å²) in [5, 5.41) is 15.5. The van der Waals surface area contributed by atoms with Crippen LogP contribution >= 0.6 is 11.6 Å². The van der Waals surface area contributed by atoms with E-state index in [1.165, 1.54) is 5.69 Å². The molecule has 3 aromatic carbocycles. The molecule has 5 aliphatic rings. The van der Waals surface area contributed by atoms with Gasteiger partial charge in [-0.25, -0.2) is 0 Å². The van der Waals surface area contributed by atoms with E-state index in [1.807, 2.05) is 47.4 Å². The van der Waals surface area contributed by atoms with E-state index in [0.29, 0.717) is 35.4 Å². The molecule has 294 valence electrons. The summed E-state index contributed by atoms with van der Waals surface area (Å²) >= 11 is 6.38. The van der Waals surface area contributed by atoms with Crippen LogP contribution in [0, 0.1) is 22.7 Å². The Balaban J connectivity index is 0.762. The number of hydrogen-bond donors (Lipinski definition) is 2. The lowest BCUT2D eigenvalue weighted by Crippen LogP contribution is -2.50. The maximum atomic E-state index is 13.5. The quantitative estimate of drug-likeness (QED) is 0.267. The van der Waals surface area contributed by atoms with E-state index in [9.17, 15) is 19.6 Å². The second-order valence-electron chi connectivity index (χ2n) is 16.7. The molecule has 3 aromatic rings. The fourth-order valence-electron chi connectivity index (χ4n) is 9.73. The minimum absolute atomic E-state index is 0.124. The van der Waals surface area contributed by atoms with E-state index in [0.717, 1.165) is 120 Å². The standard InChI is InChI=1S/C44H53ClN8O3/c1-31-27-44(30-53(31)38-10-7-34(28-46)39(45)26-38)15-19-51(20-16-44)36-8-5-33(6-9-36)43(56)52-23-21-49(22-24-52)29-32-13-17-50(18-14-32)37-4-2-3-35(25-37)47-40-11-12-41(54)48-42(40)55/h2-10,25-26,31-32,40,47H,11-24,27,29-30H2,1H3,(H,48,54,55)/t31-,40-/m0/s1. The van der Waals surface area contributed by atoms with Crippen molar-refractivity contribution in [2.75, 3.05) is 85.5 Å². The topological polar surface area (TPSA) is 115 Å². The van der Waals surface area contributed by atoms with Gasteiger partial charge in [-0.05, 0) is 117 Å². The molecule has 5 saturated heterocycles. The Hall–Kier alpha value is -4.79. The third kappa shape index (κ3) is 8.33. The number of carbonyl (C=O) groups excluding carboxylic acids is 3. The number of nitrogens with one attached hydrogen (secondary N) is 2. The summed E-state index contributed by atoms with van der Waals surface area (Å²) in [6.07, 6.45) is 6.53. The average Bonchev–Trinajstić information content (AvgIpc) is 3.54. The molecule has 5 aliphatic heterocycles. The van der Waals surface area contributed by atoms with Crippen LogP contribution in [0.1, 0.15) is 67.8 Å². The van der Waals surface area contributed by atoms with Crippen LogP contribution in [0.2, 0.25) is 5.02 Å². The van der Waals surface area contributed by atoms with Gasteiger partial charge in [-0.2, -0.15) is 5.26 Å². The first-order valence-corrected chi connectivity index (χ1v) is 20.8. The zero-order valence-electron chi connectivity index (χ0n) is 32.4. The van der Waals surface area contributed by atoms with Gasteiger partial charge in [0.25, 0.3) is 5.91 Å². The molecule has 3 amide bonds. The molecule has 2 atom stereocenters. The van der Waals surface area contributed by atoms with Crippen molar-refractivity contribution in [1.29, 1.82) is 5.26 Å². The lowest BCUT2D eigenvalue weighted by Gasteiger charge is -2.40. The lowest BCUT2D eigenvalue weighted by molar-refractivity contribution is -0.133. The first kappa shape index (κ1) is 38.1. The fourth-order valence-corrected chi connectivity index (χ4v) is 9.95. The highest BCUT2D eigenvalue weighted by Gasteiger charge is 2.44. The zero-order valence-corrected chi connectivity index (χ0v) is 33.1. The van der Waals surface area contributed by atoms with Gasteiger partial charge < -0.3 is 24.9 Å². The third-order valence-electron chi connectivity index (χ3n) is 13.1. The van der Waals surface area contributed by atoms with Crippen molar-refractivity contribution < 1.29 is 14.4 Å². The lowest BCUT2D eigenvalue weighted by atomic mass is 9.76. The Bertz CT molecular complexity index is 1960. The van der Waals surface area contributed by atoms with E-state index in [4.69, 9.17) is 11.6 Å². The molecule has 1 spiro atoms. The molecule has 5 heterocycles. The first-order chi connectivity index (χ1) is 27.1. The molecule has 0 saturated carbocycles. The van der Waals surface area contributed by atoms with Crippen LogP contribution in [0.3, 0.4) is 0 Å². The summed E-state index contributed by atoms with van der Waals surface area (Å²) in [6.45, 7) is 11.7. The van der Waals surface area contributed by atoms with Gasteiger partial charge >= 0.3 is 0 Å². The normalized spacial score (nSPS) is 23.3. The molecule has 11 nitrogen and oxygen atoms in total. The summed E-state index contributed by atoms with van der Waals surface area (Å²) in [5.74, 6) is 0.299. The minimum atomic E-state index is -0.387. The van der Waals surface area contributed by atoms with Crippen LogP contribution in [0.25, 0.3) is 0 Å². The molecule has 0 unspecified atom stereocenters. The van der Waals surface area contributed by atoms with Crippen LogP contribution in [0.4, 0.5) is 22.7 Å². The van der Waals surface area contributed by atoms with Crippen molar-refractivity contribution in [2.45, 2.75) is 64.0 Å². The number of hydrogen-bond acceptors (Lipinski definition) is 9. The highest BCUT2D eigenvalue weighted by atomic mass is 35.5. The molecule has 12 heteroatoms. The van der Waals surface area contributed by atoms with Crippen molar-refractivity contribution in [3.63, 3.8) is 0 Å². The van der Waals surface area contributed by atoms with E-state index < -0.39 is 0 Å². The number of nitriles is 1. The SMILES string of the molecule is C[C@H]1CC2(CCN(c3ccc(C(=O)N4CCN(CC5CCN(c6cccc(N[C@H]7CCC(=O)NC7=O)c6)CC5)CC4)cc3)CC2)CN1c1ccc(C#N)c(Cl)c1. The number of imide groups is 1. The number of piperazine rings is 1. The number of anilines is 4. The van der Waals surface area contributed by atoms with Crippen LogP contribution in [0.5, 0.6) is 0 Å². The van der Waals surface area contributed by atoms with Gasteiger partial charge in [-0.3, -0.25) is 24.6 Å². The van der Waals surface area contributed by atoms with E-state index in [2.05, 4.69) is 67.5 Å². The molecule has 8 rings (SSSR count). The second kappa shape index (κ2) is 16.4. The summed E-state index contributed by atoms with van der Waals surface area (Å²) < 4.78 is 0. The van der Waals surface area contributed by atoms with Gasteiger partial charge in [0.2, 0.25) is 11.8 Å². The number of rotatable bonds is 8. The summed E-state index contributed by atoms with van der Waals surface area (Å²) in [5.41, 5.74) is 5.90. The van der Waals surface area contributed by atoms with Crippen molar-refractivity contribution in [3.05, 3.63) is 82.9 Å². The van der Waals surface area contributed by atoms with Gasteiger partial charge in [0.15, 0.2) is 0 Å². The number of piperidine rings is 3. The third-order valence-corrected chi connectivity index (χ3v) is 13.4. The predicted molar refractivity (Wildman–Crippen MR) is 221 cm³/mol. The van der Waals surface area contributed by atoms with Crippen molar-refractivity contribution >= 4 is 52.1 Å². The second-order valence-corrected chi connectivity index (χ2v) is 17.1. The molecule has 56 heavy (non-hydrogen) atoms. The van der Waals surface area contributed by atoms with Crippen molar-refractivity contribution in [1.82, 2.24) is 15.1 Å². The number of benzene rings is 3. The number of nitrogens with zero attached hydrogens (tertiary/aromatic N) is 6. The van der Waals surface area contributed by atoms with Crippen molar-refractivity contribution in [3.8, 4) is 6.07 Å². The molecular formula is C44H53ClN8O3. The summed E-state index contributed by atoms with van der Waals surface area (Å²) in [6, 6.07) is 24.5. The maximum Gasteiger partial charge on any atom is 0.253 e. The highest BCUT2D eigenvalue weighted by molar-refractivity contribution is 6.32. The summed E-state index contributed by atoms with van der Waals surface area (Å²) in [4.78, 5) is 49.2. The fraction of sp³-hybridized carbons (Fsp3) is 0.500. The molecule has 0 aromatic heterocycles. The maximum absolute atomic E-state index is 13.5. The van der Waals surface area contributed by atoms with Crippen LogP contribution < -0.4 is 25.3 Å². The van der Waals surface area contributed by atoms with Gasteiger partial charge in [-0.15, -0.1) is 0 Å². The smallest absolute Gasteiger partial charge is 0.253 e. The van der Waals surface area contributed by atoms with E-state index >= 15 is 0 Å². The Morgan fingerprint density at radius 1 is 0.875 bits per heavy atom. The first-order valence-electron chi connectivity index (χ1n) is 20.4. The number of amides is 3. The van der Waals surface area contributed by atoms with Gasteiger partial charge in [0, 0.05) is 106 Å². The Morgan fingerprint density at radius 3 is 2.29 bits per heavy atom. The van der Waals surface area contributed by atoms with Crippen LogP contribution in [-0.4, -0.2) is 105 Å². The Kier molecular flexibility index (Phi) is 11.1. The van der Waals surface area contributed by atoms with Gasteiger partial charge in [0.1, 0.15) is 12.1 Å². The molecule has 0 aliphatic carbocycles. The predicted octanol–water partition coefficient (Wildman–Crippen LogP) is 5.99. The van der Waals surface area contributed by atoms with Crippen molar-refractivity contribution in [2.24, 2.45) is 11.3 Å². The van der Waals surface area contributed by atoms with Gasteiger partial charge in [-0.1, -0.05) is 17.7 Å². The monoisotopic (exact) mass is 776 g/mol. The summed E-state index contributed by atoms with van der Waals surface area (Å²) in [7, 11) is 0. The Morgan fingerprint density at radius 2 is 1.59 bits per heavy atom. The van der Waals surface area contributed by atoms with E-state index in [1.54, 1.807) is 0 Å². The highest BCUT2D eigenvalue weighted by Crippen LogP contribution is 2.46. The number of carbonyl (C=O) groups is 3. The molecule has 0 bridgehead atoms. The largest absolute Gasteiger partial charge is 0.374 e. The van der Waals surface area contributed by atoms with Gasteiger partial charge in [0.05, 0.1) is 10.6 Å². The molecule has 2 N–H and O–H groups in total. The van der Waals surface area contributed by atoms with Crippen LogP contribution in [-0.2, 0) is 9.59 Å². The molecule has 0 radical (unpaired) electrons. The Labute approximate surface area is 335 Å². The van der Waals surface area contributed by atoms with E-state index in [-0.39, 0.29) is 29.2 Å². The molecule has 5 fully saturated rings. The molecular weight excluding hydrogens is 724 g/mol. The van der Waals surface area contributed by atoms with Crippen LogP contribution in [0.15, 0.2) is 66.7 Å². The zero-order chi connectivity index (χ0) is 38.8. The average molecular weight is 777 g/mol. The number of halogens is 1.